The number of hydrogen-bond acceptors (Lipinski definition) is 4. The maximum absolute atomic E-state index is 8.62. The molecule has 0 aromatic heterocycles. The Hall–Kier alpha value is -1.10. The number of rotatable bonds is 6. The van der Waals surface area contributed by atoms with Gasteiger partial charge in [0.15, 0.2) is 0 Å². The van der Waals surface area contributed by atoms with Crippen LogP contribution in [0.5, 0.6) is 0 Å². The van der Waals surface area contributed by atoms with E-state index >= 15 is 0 Å². The minimum absolute atomic E-state index is 0.115. The normalized spacial score (nSPS) is 13.2. The Balaban J connectivity index is 3.96. The van der Waals surface area contributed by atoms with Crippen molar-refractivity contribution in [3.8, 4) is 12.1 Å². The molecule has 0 spiro atoms. The van der Waals surface area contributed by atoms with Crippen molar-refractivity contribution in [2.24, 2.45) is 5.92 Å². The molecule has 0 aromatic carbocycles. The largest absolute Gasteiger partial charge is 0.312 e. The monoisotopic (exact) mass is 222 g/mol. The molecule has 1 unspecified atom stereocenters. The average Bonchev–Trinajstić information content (AvgIpc) is 2.14. The van der Waals surface area contributed by atoms with E-state index in [0.717, 1.165) is 13.1 Å². The molecule has 90 valence electrons. The first-order valence-corrected chi connectivity index (χ1v) is 5.60. The average molecular weight is 222 g/mol. The summed E-state index contributed by atoms with van der Waals surface area (Å²) in [6.45, 7) is 10.8. The molecule has 0 aliphatic rings. The summed E-state index contributed by atoms with van der Waals surface area (Å²) < 4.78 is 0. The van der Waals surface area contributed by atoms with E-state index in [-0.39, 0.29) is 5.54 Å². The SMILES string of the molecule is CC(CNC(C)(C)C)CN(CC#N)CC#N. The van der Waals surface area contributed by atoms with Gasteiger partial charge in [0.25, 0.3) is 0 Å². The minimum Gasteiger partial charge on any atom is -0.312 e. The van der Waals surface area contributed by atoms with Crippen molar-refractivity contribution in [2.75, 3.05) is 26.2 Å². The predicted molar refractivity (Wildman–Crippen MR) is 64.6 cm³/mol. The second-order valence-corrected chi connectivity index (χ2v) is 5.22. The molecule has 0 aliphatic carbocycles. The highest BCUT2D eigenvalue weighted by Gasteiger charge is 2.13. The third kappa shape index (κ3) is 8.23. The van der Waals surface area contributed by atoms with E-state index in [1.807, 2.05) is 4.90 Å². The van der Waals surface area contributed by atoms with Crippen LogP contribution in [0.4, 0.5) is 0 Å². The molecule has 4 nitrogen and oxygen atoms in total. The first kappa shape index (κ1) is 14.9. The standard InChI is InChI=1S/C12H22N4/c1-11(9-15-12(2,3)4)10-16(7-5-13)8-6-14/h11,15H,7-10H2,1-4H3. The Labute approximate surface area is 98.8 Å². The Kier molecular flexibility index (Phi) is 6.72. The summed E-state index contributed by atoms with van der Waals surface area (Å²) in [4.78, 5) is 1.87. The lowest BCUT2D eigenvalue weighted by Gasteiger charge is -2.26. The fraction of sp³-hybridized carbons (Fsp3) is 0.833. The molecule has 0 saturated heterocycles. The van der Waals surface area contributed by atoms with Crippen molar-refractivity contribution in [2.45, 2.75) is 33.2 Å². The summed E-state index contributed by atoms with van der Waals surface area (Å²) in [5, 5.41) is 20.7. The molecular formula is C12H22N4. The maximum Gasteiger partial charge on any atom is 0.0874 e. The van der Waals surface area contributed by atoms with Crippen LogP contribution in [0.25, 0.3) is 0 Å². The van der Waals surface area contributed by atoms with Gasteiger partial charge in [-0.3, -0.25) is 4.90 Å². The molecule has 4 heteroatoms. The lowest BCUT2D eigenvalue weighted by molar-refractivity contribution is 0.271. The Bertz CT molecular complexity index is 250. The topological polar surface area (TPSA) is 62.9 Å². The van der Waals surface area contributed by atoms with Crippen molar-refractivity contribution >= 4 is 0 Å². The van der Waals surface area contributed by atoms with Crippen LogP contribution in [0, 0.1) is 28.6 Å². The second kappa shape index (κ2) is 7.22. The first-order chi connectivity index (χ1) is 7.39. The van der Waals surface area contributed by atoms with Crippen LogP contribution in [0.15, 0.2) is 0 Å². The molecule has 0 radical (unpaired) electrons. The highest BCUT2D eigenvalue weighted by atomic mass is 15.1. The van der Waals surface area contributed by atoms with Gasteiger partial charge in [-0.05, 0) is 33.2 Å². The molecule has 0 amide bonds. The molecule has 0 aromatic rings. The van der Waals surface area contributed by atoms with Gasteiger partial charge >= 0.3 is 0 Å². The fourth-order valence-electron chi connectivity index (χ4n) is 1.37. The van der Waals surface area contributed by atoms with E-state index in [0.29, 0.717) is 19.0 Å². The van der Waals surface area contributed by atoms with Gasteiger partial charge in [0.1, 0.15) is 0 Å². The summed E-state index contributed by atoms with van der Waals surface area (Å²) in [6.07, 6.45) is 0. The second-order valence-electron chi connectivity index (χ2n) is 5.22. The highest BCUT2D eigenvalue weighted by Crippen LogP contribution is 2.03. The summed E-state index contributed by atoms with van der Waals surface area (Å²) in [6, 6.07) is 4.17. The zero-order valence-corrected chi connectivity index (χ0v) is 10.7. The fourth-order valence-corrected chi connectivity index (χ4v) is 1.37. The third-order valence-electron chi connectivity index (χ3n) is 2.14. The highest BCUT2D eigenvalue weighted by molar-refractivity contribution is 4.85. The van der Waals surface area contributed by atoms with E-state index in [2.05, 4.69) is 45.2 Å². The summed E-state index contributed by atoms with van der Waals surface area (Å²) in [7, 11) is 0. The molecular weight excluding hydrogens is 200 g/mol. The van der Waals surface area contributed by atoms with Gasteiger partial charge in [-0.1, -0.05) is 6.92 Å². The van der Waals surface area contributed by atoms with Crippen molar-refractivity contribution in [1.29, 1.82) is 10.5 Å². The zero-order chi connectivity index (χ0) is 12.6. The number of hydrogen-bond donors (Lipinski definition) is 1. The van der Waals surface area contributed by atoms with Crippen molar-refractivity contribution in [3.05, 3.63) is 0 Å². The smallest absolute Gasteiger partial charge is 0.0874 e. The Morgan fingerprint density at radius 2 is 1.69 bits per heavy atom. The zero-order valence-electron chi connectivity index (χ0n) is 10.7. The number of nitriles is 2. The van der Waals surface area contributed by atoms with E-state index in [1.165, 1.54) is 0 Å². The Morgan fingerprint density at radius 3 is 2.06 bits per heavy atom. The number of nitrogens with one attached hydrogen (secondary N) is 1. The van der Waals surface area contributed by atoms with Gasteiger partial charge in [0.05, 0.1) is 25.2 Å². The molecule has 0 heterocycles. The molecule has 0 rings (SSSR count). The van der Waals surface area contributed by atoms with Crippen molar-refractivity contribution in [1.82, 2.24) is 10.2 Å². The van der Waals surface area contributed by atoms with E-state index < -0.39 is 0 Å². The third-order valence-corrected chi connectivity index (χ3v) is 2.14. The van der Waals surface area contributed by atoms with Crippen LogP contribution in [0.1, 0.15) is 27.7 Å². The van der Waals surface area contributed by atoms with E-state index in [9.17, 15) is 0 Å². The first-order valence-electron chi connectivity index (χ1n) is 5.60. The van der Waals surface area contributed by atoms with Crippen LogP contribution < -0.4 is 5.32 Å². The molecule has 1 N–H and O–H groups in total. The van der Waals surface area contributed by atoms with Gasteiger partial charge < -0.3 is 5.32 Å². The lowest BCUT2D eigenvalue weighted by atomic mass is 10.1. The maximum atomic E-state index is 8.62. The van der Waals surface area contributed by atoms with E-state index in [1.54, 1.807) is 0 Å². The van der Waals surface area contributed by atoms with Crippen LogP contribution in [0.2, 0.25) is 0 Å². The lowest BCUT2D eigenvalue weighted by Crippen LogP contribution is -2.41. The molecule has 0 fully saturated rings. The number of nitrogens with zero attached hydrogens (tertiary/aromatic N) is 3. The van der Waals surface area contributed by atoms with Gasteiger partial charge in [-0.2, -0.15) is 10.5 Å². The Morgan fingerprint density at radius 1 is 1.19 bits per heavy atom. The predicted octanol–water partition coefficient (Wildman–Crippen LogP) is 1.36. The van der Waals surface area contributed by atoms with E-state index in [4.69, 9.17) is 10.5 Å². The summed E-state index contributed by atoms with van der Waals surface area (Å²) in [5.74, 6) is 0.431. The summed E-state index contributed by atoms with van der Waals surface area (Å²) >= 11 is 0. The van der Waals surface area contributed by atoms with Crippen LogP contribution in [-0.2, 0) is 0 Å². The van der Waals surface area contributed by atoms with Crippen LogP contribution in [0.3, 0.4) is 0 Å². The molecule has 16 heavy (non-hydrogen) atoms. The summed E-state index contributed by atoms with van der Waals surface area (Å²) in [5.41, 5.74) is 0.115. The minimum atomic E-state index is 0.115. The van der Waals surface area contributed by atoms with Gasteiger partial charge in [-0.15, -0.1) is 0 Å². The van der Waals surface area contributed by atoms with Crippen LogP contribution >= 0.6 is 0 Å². The van der Waals surface area contributed by atoms with Crippen LogP contribution in [-0.4, -0.2) is 36.6 Å². The van der Waals surface area contributed by atoms with Gasteiger partial charge in [0, 0.05) is 12.1 Å². The van der Waals surface area contributed by atoms with Crippen molar-refractivity contribution in [3.63, 3.8) is 0 Å². The molecule has 0 aliphatic heterocycles. The van der Waals surface area contributed by atoms with Gasteiger partial charge in [-0.25, -0.2) is 0 Å². The van der Waals surface area contributed by atoms with Gasteiger partial charge in [0.2, 0.25) is 0 Å². The molecule has 0 bridgehead atoms. The van der Waals surface area contributed by atoms with Crippen molar-refractivity contribution < 1.29 is 0 Å². The molecule has 1 atom stereocenters. The molecule has 0 saturated carbocycles. The quantitative estimate of drug-likeness (QED) is 0.689.